The van der Waals surface area contributed by atoms with Gasteiger partial charge in [0.05, 0.1) is 13.2 Å². The highest BCUT2D eigenvalue weighted by molar-refractivity contribution is 5.87. The Balaban J connectivity index is 1.75. The van der Waals surface area contributed by atoms with E-state index in [1.807, 2.05) is 13.8 Å². The number of hydrogen-bond donors (Lipinski definition) is 2. The van der Waals surface area contributed by atoms with Crippen molar-refractivity contribution >= 4 is 11.9 Å². The van der Waals surface area contributed by atoms with Gasteiger partial charge >= 0.3 is 11.9 Å². The number of aliphatic hydroxyl groups is 2. The van der Waals surface area contributed by atoms with Crippen molar-refractivity contribution in [3.63, 3.8) is 0 Å². The van der Waals surface area contributed by atoms with Crippen LogP contribution in [0.1, 0.15) is 80.6 Å². The van der Waals surface area contributed by atoms with E-state index in [-0.39, 0.29) is 52.9 Å². The highest BCUT2D eigenvalue weighted by atomic mass is 16.6. The van der Waals surface area contributed by atoms with Crippen molar-refractivity contribution in [2.24, 2.45) is 0 Å². The zero-order chi connectivity index (χ0) is 41.9. The molecule has 2 N–H and O–H groups in total. The lowest BCUT2D eigenvalue weighted by molar-refractivity contribution is -0.140. The van der Waals surface area contributed by atoms with Crippen molar-refractivity contribution in [2.45, 2.75) is 67.2 Å². The molecule has 0 atom stereocenters. The first-order valence-corrected chi connectivity index (χ1v) is 19.7. The van der Waals surface area contributed by atoms with E-state index in [1.54, 1.807) is 13.8 Å². The molecule has 10 heteroatoms. The van der Waals surface area contributed by atoms with E-state index in [0.717, 1.165) is 66.8 Å². The Morgan fingerprint density at radius 2 is 0.672 bits per heavy atom. The Morgan fingerprint density at radius 3 is 0.879 bits per heavy atom. The van der Waals surface area contributed by atoms with Crippen molar-refractivity contribution in [2.75, 3.05) is 52.9 Å². The number of fused-ring (bicyclic) bond motifs is 8. The van der Waals surface area contributed by atoms with Gasteiger partial charge in [0.25, 0.3) is 0 Å². The Morgan fingerprint density at radius 1 is 0.448 bits per heavy atom. The van der Waals surface area contributed by atoms with E-state index in [4.69, 9.17) is 28.4 Å². The van der Waals surface area contributed by atoms with Crippen LogP contribution in [0.3, 0.4) is 0 Å². The summed E-state index contributed by atoms with van der Waals surface area (Å²) in [6, 6.07) is 16.8. The van der Waals surface area contributed by atoms with Gasteiger partial charge in [0.1, 0.15) is 62.6 Å². The number of ether oxygens (including phenoxy) is 6. The quantitative estimate of drug-likeness (QED) is 0.0595. The first kappa shape index (κ1) is 43.5. The summed E-state index contributed by atoms with van der Waals surface area (Å²) in [6.45, 7) is 19.0. The Kier molecular flexibility index (Phi) is 15.2. The van der Waals surface area contributed by atoms with Gasteiger partial charge in [-0.15, -0.1) is 0 Å². The predicted molar refractivity (Wildman–Crippen MR) is 224 cm³/mol. The van der Waals surface area contributed by atoms with E-state index in [0.29, 0.717) is 59.8 Å². The minimum Gasteiger partial charge on any atom is -0.491 e. The van der Waals surface area contributed by atoms with Crippen molar-refractivity contribution in [1.29, 1.82) is 0 Å². The van der Waals surface area contributed by atoms with Gasteiger partial charge in [0.2, 0.25) is 0 Å². The number of aryl methyl sites for hydroxylation is 4. The Bertz CT molecular complexity index is 2010. The highest BCUT2D eigenvalue weighted by Gasteiger charge is 2.24. The van der Waals surface area contributed by atoms with Gasteiger partial charge in [0.15, 0.2) is 0 Å². The molecule has 4 aromatic rings. The van der Waals surface area contributed by atoms with E-state index in [1.165, 1.54) is 0 Å². The molecule has 0 unspecified atom stereocenters. The topological polar surface area (TPSA) is 130 Å². The molecule has 10 nitrogen and oxygen atoms in total. The lowest BCUT2D eigenvalue weighted by atomic mass is 9.88. The van der Waals surface area contributed by atoms with E-state index >= 15 is 0 Å². The Hall–Kier alpha value is -5.58. The molecule has 1 aliphatic rings. The molecule has 0 aromatic heterocycles. The zero-order valence-corrected chi connectivity index (χ0v) is 34.7. The van der Waals surface area contributed by atoms with Gasteiger partial charge < -0.3 is 38.6 Å². The van der Waals surface area contributed by atoms with Gasteiger partial charge in [-0.2, -0.15) is 0 Å². The third kappa shape index (κ3) is 11.3. The van der Waals surface area contributed by atoms with Gasteiger partial charge in [-0.3, -0.25) is 0 Å². The fourth-order valence-corrected chi connectivity index (χ4v) is 7.43. The fraction of sp³-hybridized carbons (Fsp3) is 0.375. The van der Waals surface area contributed by atoms with Crippen LogP contribution >= 0.6 is 0 Å². The third-order valence-corrected chi connectivity index (χ3v) is 9.57. The second kappa shape index (κ2) is 20.2. The Labute approximate surface area is 342 Å². The summed E-state index contributed by atoms with van der Waals surface area (Å²) in [4.78, 5) is 24.5. The van der Waals surface area contributed by atoms with Crippen molar-refractivity contribution in [3.05, 3.63) is 140 Å². The molecular weight excluding hydrogens is 737 g/mol. The van der Waals surface area contributed by atoms with Crippen LogP contribution < -0.4 is 18.9 Å². The highest BCUT2D eigenvalue weighted by Crippen LogP contribution is 2.40. The number of esters is 2. The number of hydrogen-bond acceptors (Lipinski definition) is 10. The largest absolute Gasteiger partial charge is 0.491 e. The summed E-state index contributed by atoms with van der Waals surface area (Å²) in [5.74, 6) is 1.70. The first-order chi connectivity index (χ1) is 27.8. The summed E-state index contributed by atoms with van der Waals surface area (Å²) in [7, 11) is 0. The number of benzene rings is 4. The average Bonchev–Trinajstić information content (AvgIpc) is 3.15. The van der Waals surface area contributed by atoms with Crippen LogP contribution in [-0.2, 0) is 44.7 Å². The fourth-order valence-electron chi connectivity index (χ4n) is 7.43. The van der Waals surface area contributed by atoms with Gasteiger partial charge in [-0.25, -0.2) is 9.59 Å². The second-order valence-corrected chi connectivity index (χ2v) is 15.0. The summed E-state index contributed by atoms with van der Waals surface area (Å²) in [6.07, 6.45) is 1.76. The van der Waals surface area contributed by atoms with Crippen molar-refractivity contribution in [1.82, 2.24) is 0 Å². The van der Waals surface area contributed by atoms with Crippen LogP contribution in [0.5, 0.6) is 23.0 Å². The first-order valence-electron chi connectivity index (χ1n) is 19.7. The number of carbonyl (C=O) groups excluding carboxylic acids is 2. The summed E-state index contributed by atoms with van der Waals surface area (Å²) in [5, 5.41) is 19.8. The number of carbonyl (C=O) groups is 2. The van der Waals surface area contributed by atoms with Crippen LogP contribution in [0.15, 0.2) is 72.8 Å². The van der Waals surface area contributed by atoms with Crippen LogP contribution in [0.4, 0.5) is 0 Å². The molecule has 4 aromatic carbocycles. The van der Waals surface area contributed by atoms with Gasteiger partial charge in [0, 0.05) is 36.8 Å². The van der Waals surface area contributed by atoms with E-state index in [9.17, 15) is 19.8 Å². The SMILES string of the molecule is C=C(C)C(=O)OCCOc1c2cc(C)cc1Cc1cc(C)cc(c1OCCOC(=O)C(=C)C)Cc1cc(C)cc(c1OCCO)Cc1cc(C)cc(c1OCCO)C2. The van der Waals surface area contributed by atoms with E-state index in [2.05, 4.69) is 75.5 Å². The zero-order valence-electron chi connectivity index (χ0n) is 34.7. The molecular formula is C48H56O10. The minimum absolute atomic E-state index is 0.0294. The average molecular weight is 793 g/mol. The lowest BCUT2D eigenvalue weighted by Crippen LogP contribution is -2.16. The molecule has 0 fully saturated rings. The predicted octanol–water partition coefficient (Wildman–Crippen LogP) is 7.34. The van der Waals surface area contributed by atoms with Crippen molar-refractivity contribution < 1.29 is 48.2 Å². The molecule has 308 valence electrons. The van der Waals surface area contributed by atoms with Gasteiger partial charge in [-0.1, -0.05) is 83.9 Å². The maximum atomic E-state index is 12.2. The molecule has 0 spiro atoms. The maximum Gasteiger partial charge on any atom is 0.333 e. The molecule has 0 saturated heterocycles. The summed E-state index contributed by atoms with van der Waals surface area (Å²) in [5.41, 5.74) is 12.0. The van der Waals surface area contributed by atoms with Gasteiger partial charge in [-0.05, 0) is 86.1 Å². The van der Waals surface area contributed by atoms with Crippen molar-refractivity contribution in [3.8, 4) is 23.0 Å². The summed E-state index contributed by atoms with van der Waals surface area (Å²) < 4.78 is 36.7. The summed E-state index contributed by atoms with van der Waals surface area (Å²) >= 11 is 0. The maximum absolute atomic E-state index is 12.2. The molecule has 0 aliphatic heterocycles. The second-order valence-electron chi connectivity index (χ2n) is 15.0. The normalized spacial score (nSPS) is 12.0. The number of aliphatic hydroxyl groups excluding tert-OH is 2. The molecule has 1 aliphatic carbocycles. The monoisotopic (exact) mass is 792 g/mol. The molecule has 0 amide bonds. The molecule has 0 saturated carbocycles. The molecule has 58 heavy (non-hydrogen) atoms. The van der Waals surface area contributed by atoms with Crippen LogP contribution in [0.25, 0.3) is 0 Å². The molecule has 8 bridgehead atoms. The smallest absolute Gasteiger partial charge is 0.333 e. The molecule has 5 rings (SSSR count). The molecule has 0 radical (unpaired) electrons. The minimum atomic E-state index is -0.486. The number of rotatable bonds is 16. The van der Waals surface area contributed by atoms with Crippen LogP contribution in [0, 0.1) is 27.7 Å². The lowest BCUT2D eigenvalue weighted by Gasteiger charge is -2.24. The molecule has 0 heterocycles. The van der Waals surface area contributed by atoms with E-state index < -0.39 is 11.9 Å². The standard InChI is InChI=1S/C48H56O10/c1-29(2)47(51)57-15-13-55-45-39-21-33(7)23-41(45)28-42-24-34(8)22-40(46(42)56-14-16-58-48(52)30(3)4)27-38-20-32(6)18-36(44(38)54-12-10-50)25-35-17-31(5)19-37(26-39)43(35)53-11-9-49/h17-24,49-50H,1,3,9-16,25-28H2,2,4-8H3. The van der Waals surface area contributed by atoms with Crippen LogP contribution in [0.2, 0.25) is 0 Å². The third-order valence-electron chi connectivity index (χ3n) is 9.57. The van der Waals surface area contributed by atoms with Crippen LogP contribution in [-0.4, -0.2) is 75.0 Å².